The third-order valence-corrected chi connectivity index (χ3v) is 5.47. The monoisotopic (exact) mass is 492 g/mol. The van der Waals surface area contributed by atoms with Gasteiger partial charge in [-0.3, -0.25) is 4.99 Å². The van der Waals surface area contributed by atoms with Crippen molar-refractivity contribution in [3.8, 4) is 6.01 Å². The zero-order valence-electron chi connectivity index (χ0n) is 21.3. The molecule has 34 heavy (non-hydrogen) atoms. The predicted molar refractivity (Wildman–Crippen MR) is 142 cm³/mol. The molecule has 0 aliphatic rings. The van der Waals surface area contributed by atoms with Crippen molar-refractivity contribution in [2.75, 3.05) is 33.6 Å². The molecule has 2 unspecified atom stereocenters. The van der Waals surface area contributed by atoms with Crippen LogP contribution in [-0.2, 0) is 9.47 Å². The molecule has 0 saturated carbocycles. The van der Waals surface area contributed by atoms with Gasteiger partial charge in [0.2, 0.25) is 5.90 Å². The van der Waals surface area contributed by atoms with E-state index in [9.17, 15) is 4.39 Å². The van der Waals surface area contributed by atoms with E-state index >= 15 is 0 Å². The van der Waals surface area contributed by atoms with Crippen LogP contribution in [-0.4, -0.2) is 49.8 Å². The lowest BCUT2D eigenvalue weighted by atomic mass is 9.98. The highest BCUT2D eigenvalue weighted by atomic mass is 31.0. The summed E-state index contributed by atoms with van der Waals surface area (Å²) < 4.78 is 30.1. The van der Waals surface area contributed by atoms with Crippen LogP contribution in [0.15, 0.2) is 46.3 Å². The Labute approximate surface area is 205 Å². The Morgan fingerprint density at radius 3 is 2.47 bits per heavy atom. The van der Waals surface area contributed by atoms with E-state index in [1.807, 2.05) is 32.1 Å². The first-order chi connectivity index (χ1) is 16.3. The number of hydrogen-bond acceptors (Lipinski definition) is 7. The van der Waals surface area contributed by atoms with Gasteiger partial charge in [0.1, 0.15) is 17.5 Å². The topological polar surface area (TPSA) is 91.9 Å². The Morgan fingerprint density at radius 2 is 1.97 bits per heavy atom. The zero-order chi connectivity index (χ0) is 25.7. The SMILES string of the molecule is C\C=C/C(/C=C(\P)c1nc(OC)nc(N)c1/C(=N\C)OC(CCC)COC)=C(CC)/C(C)=C/F. The van der Waals surface area contributed by atoms with Gasteiger partial charge in [-0.15, -0.1) is 9.24 Å². The molecule has 0 fully saturated rings. The minimum atomic E-state index is -0.206. The van der Waals surface area contributed by atoms with Crippen molar-refractivity contribution in [1.29, 1.82) is 0 Å². The van der Waals surface area contributed by atoms with E-state index in [0.717, 1.165) is 24.0 Å². The number of ether oxygens (including phenoxy) is 3. The van der Waals surface area contributed by atoms with Crippen LogP contribution in [0.3, 0.4) is 0 Å². The molecule has 188 valence electrons. The summed E-state index contributed by atoms with van der Waals surface area (Å²) in [5.74, 6) is 0.488. The Morgan fingerprint density at radius 1 is 1.26 bits per heavy atom. The van der Waals surface area contributed by atoms with Gasteiger partial charge >= 0.3 is 6.01 Å². The van der Waals surface area contributed by atoms with Gasteiger partial charge in [0.15, 0.2) is 0 Å². The third kappa shape index (κ3) is 8.03. The molecule has 0 saturated heterocycles. The van der Waals surface area contributed by atoms with Crippen molar-refractivity contribution >= 4 is 26.3 Å². The number of allylic oxidation sites excluding steroid dienone is 6. The number of hydrogen-bond donors (Lipinski definition) is 1. The second kappa shape index (κ2) is 15.4. The third-order valence-electron chi connectivity index (χ3n) is 5.03. The molecule has 0 aliphatic carbocycles. The summed E-state index contributed by atoms with van der Waals surface area (Å²) in [6.07, 6.45) is 8.51. The molecule has 1 aromatic heterocycles. The minimum absolute atomic E-state index is 0.120. The number of anilines is 1. The quantitative estimate of drug-likeness (QED) is 0.176. The van der Waals surface area contributed by atoms with Gasteiger partial charge in [0, 0.05) is 14.2 Å². The molecule has 0 aliphatic heterocycles. The largest absolute Gasteiger partial charge is 0.472 e. The average Bonchev–Trinajstić information content (AvgIpc) is 2.82. The van der Waals surface area contributed by atoms with Gasteiger partial charge in [-0.05, 0) is 54.8 Å². The maximum absolute atomic E-state index is 13.4. The fraction of sp³-hybridized carbons (Fsp3) is 0.480. The Bertz CT molecular complexity index is 965. The number of nitrogen functional groups attached to an aromatic ring is 1. The molecule has 7 nitrogen and oxygen atoms in total. The summed E-state index contributed by atoms with van der Waals surface area (Å²) >= 11 is 0. The van der Waals surface area contributed by atoms with Crippen molar-refractivity contribution in [1.82, 2.24) is 9.97 Å². The van der Waals surface area contributed by atoms with Crippen molar-refractivity contribution in [2.24, 2.45) is 4.99 Å². The minimum Gasteiger partial charge on any atom is -0.472 e. The average molecular weight is 493 g/mol. The van der Waals surface area contributed by atoms with Crippen LogP contribution in [0.1, 0.15) is 58.2 Å². The lowest BCUT2D eigenvalue weighted by Crippen LogP contribution is -2.25. The normalized spacial score (nSPS) is 14.9. The molecule has 1 heterocycles. The summed E-state index contributed by atoms with van der Waals surface area (Å²) in [6.45, 7) is 8.12. The van der Waals surface area contributed by atoms with Gasteiger partial charge < -0.3 is 19.9 Å². The van der Waals surface area contributed by atoms with Crippen molar-refractivity contribution in [2.45, 2.75) is 53.1 Å². The number of nitrogens with two attached hydrogens (primary N) is 1. The maximum atomic E-state index is 13.4. The Hall–Kier alpha value is -2.57. The highest BCUT2D eigenvalue weighted by Crippen LogP contribution is 2.32. The van der Waals surface area contributed by atoms with Crippen LogP contribution in [0.4, 0.5) is 10.2 Å². The second-order valence-electron chi connectivity index (χ2n) is 7.51. The number of halogens is 1. The van der Waals surface area contributed by atoms with Gasteiger partial charge in [0.25, 0.3) is 0 Å². The van der Waals surface area contributed by atoms with Crippen LogP contribution in [0.5, 0.6) is 6.01 Å². The van der Waals surface area contributed by atoms with E-state index in [2.05, 4.69) is 31.1 Å². The molecule has 9 heteroatoms. The van der Waals surface area contributed by atoms with Crippen LogP contribution < -0.4 is 10.5 Å². The van der Waals surface area contributed by atoms with Crippen LogP contribution in [0, 0.1) is 0 Å². The van der Waals surface area contributed by atoms with Gasteiger partial charge in [-0.1, -0.05) is 32.4 Å². The second-order valence-corrected chi connectivity index (χ2v) is 8.13. The molecule has 1 rings (SSSR count). The summed E-state index contributed by atoms with van der Waals surface area (Å²) in [4.78, 5) is 13.1. The van der Waals surface area contributed by atoms with Crippen molar-refractivity contribution in [3.63, 3.8) is 0 Å². The maximum Gasteiger partial charge on any atom is 0.318 e. The highest BCUT2D eigenvalue weighted by molar-refractivity contribution is 7.31. The van der Waals surface area contributed by atoms with E-state index in [4.69, 9.17) is 19.9 Å². The summed E-state index contributed by atoms with van der Waals surface area (Å²) in [5, 5.41) is 0.691. The van der Waals surface area contributed by atoms with Crippen molar-refractivity contribution in [3.05, 3.63) is 52.5 Å². The fourth-order valence-electron chi connectivity index (χ4n) is 3.46. The lowest BCUT2D eigenvalue weighted by molar-refractivity contribution is 0.0680. The van der Waals surface area contributed by atoms with Gasteiger partial charge in [-0.2, -0.15) is 9.97 Å². The predicted octanol–water partition coefficient (Wildman–Crippen LogP) is 5.65. The number of methoxy groups -OCH3 is 2. The first-order valence-corrected chi connectivity index (χ1v) is 11.8. The highest BCUT2D eigenvalue weighted by Gasteiger charge is 2.23. The van der Waals surface area contributed by atoms with Gasteiger partial charge in [0.05, 0.1) is 25.7 Å². The molecule has 0 spiro atoms. The van der Waals surface area contributed by atoms with Crippen LogP contribution in [0.2, 0.25) is 0 Å². The zero-order valence-corrected chi connectivity index (χ0v) is 22.5. The van der Waals surface area contributed by atoms with E-state index in [1.165, 1.54) is 7.11 Å². The summed E-state index contributed by atoms with van der Waals surface area (Å²) in [7, 11) is 7.40. The molecular formula is C25H38FN4O3P. The van der Waals surface area contributed by atoms with Gasteiger partial charge in [-0.25, -0.2) is 4.39 Å². The molecule has 0 bridgehead atoms. The molecule has 2 atom stereocenters. The van der Waals surface area contributed by atoms with Crippen LogP contribution >= 0.6 is 9.24 Å². The Balaban J connectivity index is 3.78. The molecular weight excluding hydrogens is 454 g/mol. The lowest BCUT2D eigenvalue weighted by Gasteiger charge is -2.21. The number of rotatable bonds is 12. The van der Waals surface area contributed by atoms with E-state index in [-0.39, 0.29) is 17.9 Å². The smallest absolute Gasteiger partial charge is 0.318 e. The summed E-state index contributed by atoms with van der Waals surface area (Å²) in [5.41, 5.74) is 9.57. The first-order valence-electron chi connectivity index (χ1n) is 11.3. The van der Waals surface area contributed by atoms with Crippen LogP contribution in [0.25, 0.3) is 5.31 Å². The first kappa shape index (κ1) is 29.5. The van der Waals surface area contributed by atoms with E-state index < -0.39 is 0 Å². The fourth-order valence-corrected chi connectivity index (χ4v) is 3.85. The summed E-state index contributed by atoms with van der Waals surface area (Å²) in [6, 6.07) is 0.120. The standard InChI is InChI=1S/C25H38FN4O3P/c1-8-11-17(19(10-3)16(4)14-26)13-20(34)22-21(23(27)30-25(29-22)32-7)24(28-5)33-18(12-9-2)15-31-6/h8,11,13-14,18H,9-10,12,15,34H2,1-7H3,(H2,27,29,30)/b11-8-,16-14+,19-17-,20-13-,28-24+. The number of nitrogens with zero attached hydrogens (tertiary/aromatic N) is 3. The van der Waals surface area contributed by atoms with Crippen molar-refractivity contribution < 1.29 is 18.6 Å². The van der Waals surface area contributed by atoms with E-state index in [1.54, 1.807) is 21.1 Å². The molecule has 2 N–H and O–H groups in total. The Kier molecular flexibility index (Phi) is 13.3. The number of aromatic nitrogens is 2. The van der Waals surface area contributed by atoms with E-state index in [0.29, 0.717) is 47.4 Å². The molecule has 0 radical (unpaired) electrons. The number of aliphatic imine (C=N–C) groups is 1. The molecule has 1 aromatic rings. The molecule has 0 aromatic carbocycles. The molecule has 0 amide bonds.